The van der Waals surface area contributed by atoms with Gasteiger partial charge >= 0.3 is 24.3 Å². The summed E-state index contributed by atoms with van der Waals surface area (Å²) in [5, 5.41) is 17.6. The van der Waals surface area contributed by atoms with Crippen LogP contribution in [0.1, 0.15) is 6.42 Å². The molecule has 44 heavy (non-hydrogen) atoms. The van der Waals surface area contributed by atoms with Crippen LogP contribution in [0.25, 0.3) is 0 Å². The van der Waals surface area contributed by atoms with Crippen LogP contribution in [0, 0.1) is 0 Å². The highest BCUT2D eigenvalue weighted by Crippen LogP contribution is 2.48. The third-order valence-corrected chi connectivity index (χ3v) is 7.12. The highest BCUT2D eigenvalue weighted by molar-refractivity contribution is 7.93. The van der Waals surface area contributed by atoms with Gasteiger partial charge in [0.2, 0.25) is 0 Å². The van der Waals surface area contributed by atoms with E-state index in [2.05, 4.69) is 10.2 Å². The zero-order valence-corrected chi connectivity index (χ0v) is 23.9. The second-order valence-electron chi connectivity index (χ2n) is 9.02. The molecule has 3 aromatic rings. The van der Waals surface area contributed by atoms with Crippen molar-refractivity contribution in [2.24, 2.45) is 0 Å². The highest BCUT2D eigenvalue weighted by Gasteiger charge is 2.39. The lowest BCUT2D eigenvalue weighted by Gasteiger charge is -2.31. The van der Waals surface area contributed by atoms with Gasteiger partial charge in [-0.1, -0.05) is 24.3 Å². The number of nitrogens with one attached hydrogen (secondary N) is 1. The molecule has 1 aliphatic rings. The summed E-state index contributed by atoms with van der Waals surface area (Å²) in [5.74, 6) is -4.49. The van der Waals surface area contributed by atoms with Crippen LogP contribution in [0.3, 0.4) is 0 Å². The molecule has 1 heterocycles. The number of sulfonamides is 1. The fourth-order valence-electron chi connectivity index (χ4n) is 3.41. The molecular formula is C27H27F6N3O7S. The lowest BCUT2D eigenvalue weighted by atomic mass is 10.2. The molecule has 240 valence electrons. The van der Waals surface area contributed by atoms with E-state index in [-0.39, 0.29) is 4.90 Å². The van der Waals surface area contributed by atoms with E-state index >= 15 is 0 Å². The molecule has 0 saturated heterocycles. The van der Waals surface area contributed by atoms with Gasteiger partial charge in [0.05, 0.1) is 4.90 Å². The van der Waals surface area contributed by atoms with Crippen molar-refractivity contribution in [3.05, 3.63) is 72.8 Å². The van der Waals surface area contributed by atoms with E-state index in [1.165, 1.54) is 4.31 Å². The maximum absolute atomic E-state index is 13.6. The predicted molar refractivity (Wildman–Crippen MR) is 148 cm³/mol. The molecule has 17 heteroatoms. The lowest BCUT2D eigenvalue weighted by Crippen LogP contribution is -2.28. The fourth-order valence-corrected chi connectivity index (χ4v) is 4.92. The molecule has 0 aliphatic carbocycles. The molecule has 0 spiro atoms. The minimum atomic E-state index is -5.08. The van der Waals surface area contributed by atoms with Crippen LogP contribution >= 0.6 is 0 Å². The number of ether oxygens (including phenoxy) is 1. The topological polar surface area (TPSA) is 136 Å². The second kappa shape index (κ2) is 14.8. The number of hydrogen-bond acceptors (Lipinski definition) is 7. The van der Waals surface area contributed by atoms with Crippen molar-refractivity contribution in [2.75, 3.05) is 36.8 Å². The van der Waals surface area contributed by atoms with Crippen molar-refractivity contribution in [3.8, 4) is 11.5 Å². The van der Waals surface area contributed by atoms with E-state index in [1.807, 2.05) is 26.2 Å². The minimum absolute atomic E-state index is 0.229. The number of rotatable bonds is 7. The molecule has 0 saturated carbocycles. The smallest absolute Gasteiger partial charge is 0.475 e. The largest absolute Gasteiger partial charge is 0.490 e. The molecule has 0 unspecified atom stereocenters. The Hall–Kier alpha value is -4.51. The van der Waals surface area contributed by atoms with E-state index < -0.39 is 34.3 Å². The molecule has 4 rings (SSSR count). The monoisotopic (exact) mass is 651 g/mol. The molecule has 10 nitrogen and oxygen atoms in total. The summed E-state index contributed by atoms with van der Waals surface area (Å²) in [4.78, 5) is 20.2. The first-order valence-corrected chi connectivity index (χ1v) is 13.8. The van der Waals surface area contributed by atoms with Crippen LogP contribution < -0.4 is 14.4 Å². The van der Waals surface area contributed by atoms with E-state index in [9.17, 15) is 34.8 Å². The first-order chi connectivity index (χ1) is 20.4. The van der Waals surface area contributed by atoms with Crippen molar-refractivity contribution < 1.29 is 59.3 Å². The zero-order valence-electron chi connectivity index (χ0n) is 23.1. The number of fused-ring (bicyclic) bond motifs is 2. The molecule has 0 fully saturated rings. The minimum Gasteiger partial charge on any atom is -0.475 e. The maximum Gasteiger partial charge on any atom is 0.490 e. The Balaban J connectivity index is 0.000000402. The van der Waals surface area contributed by atoms with Gasteiger partial charge < -0.3 is 25.2 Å². The number of halogens is 6. The predicted octanol–water partition coefficient (Wildman–Crippen LogP) is 5.95. The summed E-state index contributed by atoms with van der Waals surface area (Å²) >= 11 is 0. The molecular weight excluding hydrogens is 624 g/mol. The maximum atomic E-state index is 13.6. The number of carboxylic acids is 2. The molecule has 0 bridgehead atoms. The molecule has 3 N–H and O–H groups in total. The Labute approximate surface area is 248 Å². The van der Waals surface area contributed by atoms with Gasteiger partial charge in [0, 0.05) is 12.2 Å². The summed E-state index contributed by atoms with van der Waals surface area (Å²) in [6, 6.07) is 21.2. The van der Waals surface area contributed by atoms with Gasteiger partial charge in [-0.2, -0.15) is 26.3 Å². The van der Waals surface area contributed by atoms with Gasteiger partial charge in [-0.15, -0.1) is 0 Å². The van der Waals surface area contributed by atoms with Crippen LogP contribution in [0.4, 0.5) is 43.4 Å². The Morgan fingerprint density at radius 3 is 1.59 bits per heavy atom. The van der Waals surface area contributed by atoms with Gasteiger partial charge in [-0.3, -0.25) is 0 Å². The number of nitrogens with zero attached hydrogens (tertiary/aromatic N) is 2. The average molecular weight is 652 g/mol. The summed E-state index contributed by atoms with van der Waals surface area (Å²) < 4.78 is 98.0. The van der Waals surface area contributed by atoms with Crippen LogP contribution in [-0.2, 0) is 19.6 Å². The standard InChI is InChI=1S/C23H25N3O3S.2C2HF3O2/c1-25(2)17-7-16-24-18-12-14-19(15-13-18)30(27,28)26-20-8-3-5-10-22(20)29-23-11-6-4-9-21(23)26;2*3-2(4,5)1(6)7/h3-6,8-15,24H,7,16-17H2,1-2H3;2*(H,6,7). The van der Waals surface area contributed by atoms with Crippen molar-refractivity contribution in [2.45, 2.75) is 23.7 Å². The molecule has 0 amide bonds. The van der Waals surface area contributed by atoms with Crippen molar-refractivity contribution in [3.63, 3.8) is 0 Å². The van der Waals surface area contributed by atoms with Crippen LogP contribution in [-0.4, -0.2) is 75.0 Å². The number of carboxylic acid groups (broad SMARTS) is 2. The molecule has 0 aromatic heterocycles. The summed E-state index contributed by atoms with van der Waals surface area (Å²) in [6.07, 6.45) is -9.16. The number of hydrogen-bond donors (Lipinski definition) is 3. The molecule has 0 atom stereocenters. The van der Waals surface area contributed by atoms with E-state index in [4.69, 9.17) is 24.5 Å². The van der Waals surface area contributed by atoms with Crippen molar-refractivity contribution >= 4 is 39.0 Å². The third kappa shape index (κ3) is 10.0. The Morgan fingerprint density at radius 1 is 0.795 bits per heavy atom. The SMILES string of the molecule is CN(C)CCCNc1ccc(S(=O)(=O)N2c3ccccc3Oc3ccccc32)cc1.O=C(O)C(F)(F)F.O=C(O)C(F)(F)F. The van der Waals surface area contributed by atoms with E-state index in [1.54, 1.807) is 60.7 Å². The Bertz CT molecular complexity index is 1460. The number of aliphatic carboxylic acids is 2. The second-order valence-corrected chi connectivity index (χ2v) is 10.8. The fraction of sp³-hybridized carbons (Fsp3) is 0.259. The molecule has 1 aliphatic heterocycles. The van der Waals surface area contributed by atoms with Crippen LogP contribution in [0.2, 0.25) is 0 Å². The van der Waals surface area contributed by atoms with E-state index in [0.29, 0.717) is 22.9 Å². The number of carbonyl (C=O) groups is 2. The highest BCUT2D eigenvalue weighted by atomic mass is 32.2. The van der Waals surface area contributed by atoms with Gasteiger partial charge in [-0.25, -0.2) is 22.3 Å². The van der Waals surface area contributed by atoms with Crippen LogP contribution in [0.15, 0.2) is 77.7 Å². The van der Waals surface area contributed by atoms with Gasteiger partial charge in [0.1, 0.15) is 11.4 Å². The third-order valence-electron chi connectivity index (χ3n) is 5.38. The van der Waals surface area contributed by atoms with Crippen molar-refractivity contribution in [1.82, 2.24) is 4.90 Å². The summed E-state index contributed by atoms with van der Waals surface area (Å²) in [7, 11) is 0.263. The lowest BCUT2D eigenvalue weighted by molar-refractivity contribution is -0.193. The van der Waals surface area contributed by atoms with Gasteiger partial charge in [0.15, 0.2) is 11.5 Å². The van der Waals surface area contributed by atoms with E-state index in [0.717, 1.165) is 25.2 Å². The molecule has 0 radical (unpaired) electrons. The number of anilines is 3. The number of para-hydroxylation sites is 4. The van der Waals surface area contributed by atoms with Crippen LogP contribution in [0.5, 0.6) is 11.5 Å². The number of alkyl halides is 6. The number of benzene rings is 3. The van der Waals surface area contributed by atoms with Gasteiger partial charge in [-0.05, 0) is 75.6 Å². The molecule has 3 aromatic carbocycles. The quantitative estimate of drug-likeness (QED) is 0.209. The zero-order chi connectivity index (χ0) is 33.3. The first-order valence-electron chi connectivity index (χ1n) is 12.4. The average Bonchev–Trinajstić information content (AvgIpc) is 2.93. The van der Waals surface area contributed by atoms with Crippen molar-refractivity contribution in [1.29, 1.82) is 0 Å². The summed E-state index contributed by atoms with van der Waals surface area (Å²) in [5.41, 5.74) is 1.90. The Morgan fingerprint density at radius 2 is 1.20 bits per heavy atom. The normalized spacial score (nSPS) is 12.3. The van der Waals surface area contributed by atoms with Gasteiger partial charge in [0.25, 0.3) is 10.0 Å². The Kier molecular flexibility index (Phi) is 12.0. The summed E-state index contributed by atoms with van der Waals surface area (Å²) in [6.45, 7) is 1.82. The first kappa shape index (κ1) is 35.7.